The third-order valence-electron chi connectivity index (χ3n) is 2.75. The number of nitrogens with zero attached hydrogens (tertiary/aromatic N) is 1. The zero-order chi connectivity index (χ0) is 15.0. The van der Waals surface area contributed by atoms with Gasteiger partial charge in [-0.05, 0) is 30.7 Å². The van der Waals surface area contributed by atoms with E-state index in [2.05, 4.69) is 4.74 Å². The molecule has 0 aromatic heterocycles. The molecule has 1 amide bonds. The highest BCUT2D eigenvalue weighted by atomic mass is 16.5. The SMILES string of the molecule is CCN(CC(=O)OC)C(=O)C=Cc1cccc(OC)c1. The third kappa shape index (κ3) is 4.76. The number of esters is 1. The van der Waals surface area contributed by atoms with Gasteiger partial charge < -0.3 is 14.4 Å². The Morgan fingerprint density at radius 1 is 1.30 bits per heavy atom. The van der Waals surface area contributed by atoms with E-state index < -0.39 is 5.97 Å². The van der Waals surface area contributed by atoms with Gasteiger partial charge in [0.1, 0.15) is 12.3 Å². The zero-order valence-electron chi connectivity index (χ0n) is 12.0. The van der Waals surface area contributed by atoms with E-state index in [0.717, 1.165) is 11.3 Å². The summed E-state index contributed by atoms with van der Waals surface area (Å²) in [4.78, 5) is 24.5. The van der Waals surface area contributed by atoms with Crippen molar-refractivity contribution in [3.63, 3.8) is 0 Å². The van der Waals surface area contributed by atoms with E-state index in [1.54, 1.807) is 20.1 Å². The molecule has 108 valence electrons. The quantitative estimate of drug-likeness (QED) is 0.587. The monoisotopic (exact) mass is 277 g/mol. The van der Waals surface area contributed by atoms with Gasteiger partial charge in [0.05, 0.1) is 14.2 Å². The summed E-state index contributed by atoms with van der Waals surface area (Å²) in [5.74, 6) is 0.0530. The molecule has 0 atom stereocenters. The van der Waals surface area contributed by atoms with Crippen LogP contribution in [-0.2, 0) is 14.3 Å². The molecule has 5 nitrogen and oxygen atoms in total. The second-order valence-electron chi connectivity index (χ2n) is 4.04. The van der Waals surface area contributed by atoms with Gasteiger partial charge in [0.2, 0.25) is 5.91 Å². The van der Waals surface area contributed by atoms with Crippen LogP contribution in [0.25, 0.3) is 6.08 Å². The summed E-state index contributed by atoms with van der Waals surface area (Å²) in [6.45, 7) is 2.20. The number of methoxy groups -OCH3 is 2. The largest absolute Gasteiger partial charge is 0.497 e. The first kappa shape index (κ1) is 15.8. The van der Waals surface area contributed by atoms with Crippen molar-refractivity contribution in [2.45, 2.75) is 6.92 Å². The minimum Gasteiger partial charge on any atom is -0.497 e. The molecule has 0 heterocycles. The topological polar surface area (TPSA) is 55.8 Å². The van der Waals surface area contributed by atoms with Crippen LogP contribution in [0.5, 0.6) is 5.75 Å². The Bertz CT molecular complexity index is 496. The molecule has 0 spiro atoms. The Balaban J connectivity index is 2.71. The van der Waals surface area contributed by atoms with Gasteiger partial charge in [0.15, 0.2) is 0 Å². The number of carbonyl (C=O) groups is 2. The first-order valence-electron chi connectivity index (χ1n) is 6.28. The van der Waals surface area contributed by atoms with Crippen molar-refractivity contribution in [1.29, 1.82) is 0 Å². The van der Waals surface area contributed by atoms with E-state index in [4.69, 9.17) is 4.74 Å². The highest BCUT2D eigenvalue weighted by Gasteiger charge is 2.12. The molecule has 0 saturated carbocycles. The van der Waals surface area contributed by atoms with Gasteiger partial charge in [-0.2, -0.15) is 0 Å². The van der Waals surface area contributed by atoms with Gasteiger partial charge in [0.25, 0.3) is 0 Å². The molecule has 0 fully saturated rings. The molecule has 5 heteroatoms. The minimum absolute atomic E-state index is 0.0473. The van der Waals surface area contributed by atoms with Crippen LogP contribution in [0.1, 0.15) is 12.5 Å². The molecule has 0 aliphatic rings. The molecule has 0 radical (unpaired) electrons. The summed E-state index contributed by atoms with van der Waals surface area (Å²) in [5.41, 5.74) is 0.854. The first-order valence-corrected chi connectivity index (χ1v) is 6.28. The molecule has 0 aliphatic carbocycles. The van der Waals surface area contributed by atoms with E-state index in [1.807, 2.05) is 24.3 Å². The Labute approximate surface area is 118 Å². The molecule has 0 bridgehead atoms. The number of carbonyl (C=O) groups excluding carboxylic acids is 2. The minimum atomic E-state index is -0.435. The average molecular weight is 277 g/mol. The Kier molecular flexibility index (Phi) is 6.29. The van der Waals surface area contributed by atoms with E-state index >= 15 is 0 Å². The molecule has 1 aromatic rings. The molecular formula is C15H19NO4. The van der Waals surface area contributed by atoms with Crippen LogP contribution in [0.4, 0.5) is 0 Å². The lowest BCUT2D eigenvalue weighted by atomic mass is 10.2. The molecule has 1 aromatic carbocycles. The Morgan fingerprint density at radius 3 is 2.65 bits per heavy atom. The fourth-order valence-corrected chi connectivity index (χ4v) is 1.58. The van der Waals surface area contributed by atoms with Crippen LogP contribution < -0.4 is 4.74 Å². The number of rotatable bonds is 6. The van der Waals surface area contributed by atoms with Gasteiger partial charge in [-0.3, -0.25) is 9.59 Å². The number of benzene rings is 1. The maximum atomic E-state index is 12.0. The summed E-state index contributed by atoms with van der Waals surface area (Å²) in [6.07, 6.45) is 3.12. The third-order valence-corrected chi connectivity index (χ3v) is 2.75. The summed E-state index contributed by atoms with van der Waals surface area (Å²) < 4.78 is 9.66. The maximum absolute atomic E-state index is 12.0. The van der Waals surface area contributed by atoms with E-state index in [1.165, 1.54) is 18.1 Å². The fourth-order valence-electron chi connectivity index (χ4n) is 1.58. The van der Waals surface area contributed by atoms with Crippen LogP contribution in [0, 0.1) is 0 Å². The fraction of sp³-hybridized carbons (Fsp3) is 0.333. The zero-order valence-corrected chi connectivity index (χ0v) is 12.0. The normalized spacial score (nSPS) is 10.3. The Hall–Kier alpha value is -2.30. The van der Waals surface area contributed by atoms with Crippen LogP contribution in [0.15, 0.2) is 30.3 Å². The first-order chi connectivity index (χ1) is 9.60. The van der Waals surface area contributed by atoms with Crippen molar-refractivity contribution in [2.75, 3.05) is 27.3 Å². The molecular weight excluding hydrogens is 258 g/mol. The summed E-state index contributed by atoms with van der Waals surface area (Å²) >= 11 is 0. The van der Waals surface area contributed by atoms with Crippen molar-refractivity contribution in [3.05, 3.63) is 35.9 Å². The molecule has 0 aliphatic heterocycles. The second-order valence-corrected chi connectivity index (χ2v) is 4.04. The van der Waals surface area contributed by atoms with Crippen LogP contribution >= 0.6 is 0 Å². The smallest absolute Gasteiger partial charge is 0.325 e. The van der Waals surface area contributed by atoms with Crippen molar-refractivity contribution in [1.82, 2.24) is 4.90 Å². The molecule has 20 heavy (non-hydrogen) atoms. The van der Waals surface area contributed by atoms with Crippen molar-refractivity contribution in [2.24, 2.45) is 0 Å². The maximum Gasteiger partial charge on any atom is 0.325 e. The predicted octanol–water partition coefficient (Wildman–Crippen LogP) is 1.73. The van der Waals surface area contributed by atoms with Gasteiger partial charge >= 0.3 is 5.97 Å². The summed E-state index contributed by atoms with van der Waals surface area (Å²) in [5, 5.41) is 0. The van der Waals surface area contributed by atoms with Gasteiger partial charge in [-0.15, -0.1) is 0 Å². The Morgan fingerprint density at radius 2 is 2.05 bits per heavy atom. The standard InChI is InChI=1S/C15H19NO4/c1-4-16(11-15(18)20-3)14(17)9-8-12-6-5-7-13(10-12)19-2/h5-10H,4,11H2,1-3H3. The lowest BCUT2D eigenvalue weighted by molar-refractivity contribution is -0.145. The van der Waals surface area contributed by atoms with Crippen molar-refractivity contribution < 1.29 is 19.1 Å². The van der Waals surface area contributed by atoms with Crippen LogP contribution in [0.3, 0.4) is 0 Å². The highest BCUT2D eigenvalue weighted by molar-refractivity contribution is 5.93. The number of hydrogen-bond acceptors (Lipinski definition) is 4. The van der Waals surface area contributed by atoms with Crippen molar-refractivity contribution in [3.8, 4) is 5.75 Å². The van der Waals surface area contributed by atoms with E-state index in [0.29, 0.717) is 6.54 Å². The van der Waals surface area contributed by atoms with Gasteiger partial charge in [-0.1, -0.05) is 12.1 Å². The lowest BCUT2D eigenvalue weighted by Gasteiger charge is -2.17. The number of amides is 1. The van der Waals surface area contributed by atoms with Gasteiger partial charge in [0, 0.05) is 12.6 Å². The van der Waals surface area contributed by atoms with Gasteiger partial charge in [-0.25, -0.2) is 0 Å². The van der Waals surface area contributed by atoms with E-state index in [9.17, 15) is 9.59 Å². The molecule has 0 N–H and O–H groups in total. The number of ether oxygens (including phenoxy) is 2. The summed E-state index contributed by atoms with van der Waals surface area (Å²) in [7, 11) is 2.88. The number of likely N-dealkylation sites (N-methyl/N-ethyl adjacent to an activating group) is 1. The second kappa shape index (κ2) is 7.99. The van der Waals surface area contributed by atoms with Crippen LogP contribution in [-0.4, -0.2) is 44.1 Å². The van der Waals surface area contributed by atoms with E-state index in [-0.39, 0.29) is 12.5 Å². The molecule has 1 rings (SSSR count). The molecule has 0 unspecified atom stereocenters. The average Bonchev–Trinajstić information content (AvgIpc) is 2.50. The highest BCUT2D eigenvalue weighted by Crippen LogP contribution is 2.13. The lowest BCUT2D eigenvalue weighted by Crippen LogP contribution is -2.34. The summed E-state index contributed by atoms with van der Waals surface area (Å²) in [6, 6.07) is 7.35. The predicted molar refractivity (Wildman–Crippen MR) is 76.3 cm³/mol. The molecule has 0 saturated heterocycles. The van der Waals surface area contributed by atoms with Crippen LogP contribution in [0.2, 0.25) is 0 Å². The number of hydrogen-bond donors (Lipinski definition) is 0. The van der Waals surface area contributed by atoms with Crippen molar-refractivity contribution >= 4 is 18.0 Å².